The maximum Gasteiger partial charge on any atom is 0.255 e. The number of benzene rings is 1. The molecule has 4 N–H and O–H groups in total. The Bertz CT molecular complexity index is 729. The molecule has 25 heavy (non-hydrogen) atoms. The fourth-order valence-corrected chi connectivity index (χ4v) is 3.19. The van der Waals surface area contributed by atoms with Crippen LogP contribution in [0.15, 0.2) is 30.4 Å². The van der Waals surface area contributed by atoms with E-state index in [1.165, 1.54) is 0 Å². The van der Waals surface area contributed by atoms with Crippen LogP contribution in [0.2, 0.25) is 0 Å². The Morgan fingerprint density at radius 2 is 2.12 bits per heavy atom. The fraction of sp³-hybridized carbons (Fsp3) is 0.389. The number of hydrogen-bond acceptors (Lipinski definition) is 5. The van der Waals surface area contributed by atoms with Gasteiger partial charge in [0.2, 0.25) is 11.8 Å². The molecule has 2 aliphatic heterocycles. The summed E-state index contributed by atoms with van der Waals surface area (Å²) in [6, 6.07) is 5.23. The molecule has 1 fully saturated rings. The number of nitrogens with zero attached hydrogens (tertiary/aromatic N) is 1. The van der Waals surface area contributed by atoms with Crippen LogP contribution in [0.5, 0.6) is 0 Å². The molecule has 0 bridgehead atoms. The lowest BCUT2D eigenvalue weighted by Crippen LogP contribution is -2.52. The van der Waals surface area contributed by atoms with Crippen molar-refractivity contribution in [3.05, 3.63) is 47.0 Å². The third-order valence-electron chi connectivity index (χ3n) is 4.49. The van der Waals surface area contributed by atoms with Crippen LogP contribution in [0, 0.1) is 0 Å². The molecule has 0 aromatic heterocycles. The molecule has 2 heterocycles. The molecule has 3 amide bonds. The largest absolute Gasteiger partial charge is 0.327 e. The minimum atomic E-state index is -0.569. The molecule has 132 valence electrons. The molecule has 1 unspecified atom stereocenters. The van der Waals surface area contributed by atoms with Gasteiger partial charge in [0.25, 0.3) is 5.91 Å². The van der Waals surface area contributed by atoms with E-state index in [2.05, 4.69) is 10.6 Å². The van der Waals surface area contributed by atoms with E-state index in [-0.39, 0.29) is 24.1 Å². The number of nitrogens with one attached hydrogen (secondary N) is 2. The topological polar surface area (TPSA) is 105 Å². The van der Waals surface area contributed by atoms with Crippen molar-refractivity contribution in [3.8, 4) is 0 Å². The van der Waals surface area contributed by atoms with E-state index >= 15 is 0 Å². The van der Waals surface area contributed by atoms with Gasteiger partial charge in [0.1, 0.15) is 6.04 Å². The molecule has 0 aliphatic carbocycles. The SMILES string of the molecule is NC/C=C\CNCc1ccc2c(c1)C(=O)N(C1CCC(=O)NC1=O)C2. The van der Waals surface area contributed by atoms with Crippen LogP contribution in [0.1, 0.15) is 34.3 Å². The molecule has 7 nitrogen and oxygen atoms in total. The average Bonchev–Trinajstić information content (AvgIpc) is 2.91. The lowest BCUT2D eigenvalue weighted by atomic mass is 10.0. The normalized spacial score (nSPS) is 20.3. The Kier molecular flexibility index (Phi) is 5.25. The summed E-state index contributed by atoms with van der Waals surface area (Å²) in [6.07, 6.45) is 4.49. The van der Waals surface area contributed by atoms with Gasteiger partial charge in [-0.1, -0.05) is 24.3 Å². The molecule has 1 aromatic carbocycles. The van der Waals surface area contributed by atoms with Crippen LogP contribution in [0.4, 0.5) is 0 Å². The first-order valence-corrected chi connectivity index (χ1v) is 8.42. The Balaban J connectivity index is 1.66. The van der Waals surface area contributed by atoms with Crippen molar-refractivity contribution >= 4 is 17.7 Å². The molecular formula is C18H22N4O3. The third-order valence-corrected chi connectivity index (χ3v) is 4.49. The summed E-state index contributed by atoms with van der Waals surface area (Å²) < 4.78 is 0. The molecule has 7 heteroatoms. The molecule has 1 aromatic rings. The number of hydrogen-bond donors (Lipinski definition) is 3. The van der Waals surface area contributed by atoms with Gasteiger partial charge in [-0.2, -0.15) is 0 Å². The molecule has 1 saturated heterocycles. The van der Waals surface area contributed by atoms with Crippen LogP contribution in [-0.2, 0) is 22.7 Å². The van der Waals surface area contributed by atoms with E-state index in [1.807, 2.05) is 30.4 Å². The van der Waals surface area contributed by atoms with Crippen LogP contribution >= 0.6 is 0 Å². The molecule has 1 atom stereocenters. The monoisotopic (exact) mass is 342 g/mol. The predicted molar refractivity (Wildman–Crippen MR) is 92.4 cm³/mol. The standard InChI is InChI=1S/C18H22N4O3/c19-7-1-2-8-20-10-12-3-4-13-11-22(18(25)14(13)9-12)15-5-6-16(23)21-17(15)24/h1-4,9,15,20H,5-8,10-11,19H2,(H,21,23,24)/b2-1-. The zero-order valence-electron chi connectivity index (χ0n) is 14.0. The van der Waals surface area contributed by atoms with E-state index in [0.717, 1.165) is 11.1 Å². The fourth-order valence-electron chi connectivity index (χ4n) is 3.19. The van der Waals surface area contributed by atoms with Gasteiger partial charge in [-0.15, -0.1) is 0 Å². The summed E-state index contributed by atoms with van der Waals surface area (Å²) in [7, 11) is 0. The smallest absolute Gasteiger partial charge is 0.255 e. The summed E-state index contributed by atoms with van der Waals surface area (Å²) in [6.45, 7) is 2.29. The minimum Gasteiger partial charge on any atom is -0.327 e. The van der Waals surface area contributed by atoms with Gasteiger partial charge in [0.05, 0.1) is 0 Å². The van der Waals surface area contributed by atoms with E-state index < -0.39 is 6.04 Å². The van der Waals surface area contributed by atoms with Crippen molar-refractivity contribution in [2.24, 2.45) is 5.73 Å². The van der Waals surface area contributed by atoms with Crippen molar-refractivity contribution in [1.82, 2.24) is 15.5 Å². The molecule has 0 spiro atoms. The van der Waals surface area contributed by atoms with Crippen LogP contribution in [0.3, 0.4) is 0 Å². The lowest BCUT2D eigenvalue weighted by Gasteiger charge is -2.29. The maximum atomic E-state index is 12.7. The van der Waals surface area contributed by atoms with Gasteiger partial charge in [-0.05, 0) is 23.6 Å². The highest BCUT2D eigenvalue weighted by atomic mass is 16.2. The van der Waals surface area contributed by atoms with Gasteiger partial charge in [0.15, 0.2) is 0 Å². The molecular weight excluding hydrogens is 320 g/mol. The zero-order valence-corrected chi connectivity index (χ0v) is 14.0. The summed E-state index contributed by atoms with van der Waals surface area (Å²) >= 11 is 0. The van der Waals surface area contributed by atoms with E-state index in [9.17, 15) is 14.4 Å². The number of carbonyl (C=O) groups excluding carboxylic acids is 3. The van der Waals surface area contributed by atoms with Gasteiger partial charge >= 0.3 is 0 Å². The highest BCUT2D eigenvalue weighted by Gasteiger charge is 2.38. The first-order chi connectivity index (χ1) is 12.1. The number of rotatable bonds is 6. The Labute approximate surface area is 146 Å². The quantitative estimate of drug-likeness (QED) is 0.385. The van der Waals surface area contributed by atoms with E-state index in [0.29, 0.717) is 38.2 Å². The number of imide groups is 1. The van der Waals surface area contributed by atoms with Crippen molar-refractivity contribution in [3.63, 3.8) is 0 Å². The second kappa shape index (κ2) is 7.58. The van der Waals surface area contributed by atoms with Crippen molar-refractivity contribution in [1.29, 1.82) is 0 Å². The Morgan fingerprint density at radius 3 is 2.88 bits per heavy atom. The van der Waals surface area contributed by atoms with Crippen molar-refractivity contribution in [2.45, 2.75) is 32.0 Å². The number of fused-ring (bicyclic) bond motifs is 1. The van der Waals surface area contributed by atoms with Gasteiger partial charge in [-0.3, -0.25) is 19.7 Å². The van der Waals surface area contributed by atoms with Crippen LogP contribution < -0.4 is 16.4 Å². The zero-order chi connectivity index (χ0) is 17.8. The predicted octanol–water partition coefficient (Wildman–Crippen LogP) is 0.0521. The number of amides is 3. The summed E-state index contributed by atoms with van der Waals surface area (Å²) in [5.41, 5.74) is 7.96. The minimum absolute atomic E-state index is 0.144. The second-order valence-electron chi connectivity index (χ2n) is 6.23. The second-order valence-corrected chi connectivity index (χ2v) is 6.23. The van der Waals surface area contributed by atoms with E-state index in [1.54, 1.807) is 4.90 Å². The van der Waals surface area contributed by atoms with Crippen molar-refractivity contribution < 1.29 is 14.4 Å². The first-order valence-electron chi connectivity index (χ1n) is 8.42. The number of nitrogens with two attached hydrogens (primary N) is 1. The highest BCUT2D eigenvalue weighted by molar-refractivity contribution is 6.05. The summed E-state index contributed by atoms with van der Waals surface area (Å²) in [5, 5.41) is 5.57. The van der Waals surface area contributed by atoms with Crippen LogP contribution in [-0.4, -0.2) is 41.8 Å². The summed E-state index contributed by atoms with van der Waals surface area (Å²) in [4.78, 5) is 37.6. The third kappa shape index (κ3) is 3.78. The first kappa shape index (κ1) is 17.3. The van der Waals surface area contributed by atoms with Gasteiger partial charge in [0, 0.05) is 38.2 Å². The molecule has 2 aliphatic rings. The Hall–Kier alpha value is -2.51. The molecule has 0 radical (unpaired) electrons. The van der Waals surface area contributed by atoms with Crippen molar-refractivity contribution in [2.75, 3.05) is 13.1 Å². The highest BCUT2D eigenvalue weighted by Crippen LogP contribution is 2.28. The van der Waals surface area contributed by atoms with E-state index in [4.69, 9.17) is 5.73 Å². The maximum absolute atomic E-state index is 12.7. The lowest BCUT2D eigenvalue weighted by molar-refractivity contribution is -0.136. The number of carbonyl (C=O) groups is 3. The molecule has 3 rings (SSSR count). The van der Waals surface area contributed by atoms with Gasteiger partial charge < -0.3 is 16.0 Å². The Morgan fingerprint density at radius 1 is 1.28 bits per heavy atom. The summed E-state index contributed by atoms with van der Waals surface area (Å²) in [5.74, 6) is -0.803. The number of piperidine rings is 1. The molecule has 0 saturated carbocycles. The van der Waals surface area contributed by atoms with Gasteiger partial charge in [-0.25, -0.2) is 0 Å². The van der Waals surface area contributed by atoms with Crippen LogP contribution in [0.25, 0.3) is 0 Å². The average molecular weight is 342 g/mol.